The van der Waals surface area contributed by atoms with Crippen LogP contribution in [0.25, 0.3) is 0 Å². The molecule has 3 nitrogen and oxygen atoms in total. The number of aliphatic hydroxyl groups is 1. The summed E-state index contributed by atoms with van der Waals surface area (Å²) in [6.07, 6.45) is 5.68. The molecule has 2 rings (SSSR count). The monoisotopic (exact) mass is 213 g/mol. The van der Waals surface area contributed by atoms with E-state index in [1.807, 2.05) is 6.92 Å². The third-order valence-electron chi connectivity index (χ3n) is 4.55. The maximum atomic E-state index is 10.6. The molecule has 0 bridgehead atoms. The minimum absolute atomic E-state index is 0.192. The Morgan fingerprint density at radius 3 is 2.67 bits per heavy atom. The Kier molecular flexibility index (Phi) is 3.06. The molecule has 0 aromatic carbocycles. The van der Waals surface area contributed by atoms with Crippen molar-refractivity contribution in [3.8, 4) is 0 Å². The quantitative estimate of drug-likeness (QED) is 0.740. The average molecular weight is 213 g/mol. The van der Waals surface area contributed by atoms with Gasteiger partial charge in [-0.3, -0.25) is 0 Å². The lowest BCUT2D eigenvalue weighted by molar-refractivity contribution is -0.0903. The molecule has 0 spiro atoms. The van der Waals surface area contributed by atoms with E-state index >= 15 is 0 Å². The molecule has 0 radical (unpaired) electrons. The highest BCUT2D eigenvalue weighted by Gasteiger charge is 2.49. The number of rotatable bonds is 4. The van der Waals surface area contributed by atoms with Gasteiger partial charge in [-0.1, -0.05) is 19.3 Å². The summed E-state index contributed by atoms with van der Waals surface area (Å²) in [5.41, 5.74) is 5.01. The summed E-state index contributed by atoms with van der Waals surface area (Å²) in [6, 6.07) is 0. The summed E-state index contributed by atoms with van der Waals surface area (Å²) in [6.45, 7) is 3.86. The van der Waals surface area contributed by atoms with Gasteiger partial charge in [-0.25, -0.2) is 0 Å². The topological polar surface area (TPSA) is 55.5 Å². The molecule has 3 heteroatoms. The maximum Gasteiger partial charge on any atom is 0.0713 e. The van der Waals surface area contributed by atoms with Crippen LogP contribution in [0.2, 0.25) is 0 Å². The standard InChI is InChI=1S/C12H23NO2/c1-11(14,7-10-3-2-4-10)12(8-13)5-6-15-9-12/h10,14H,2-9,13H2,1H3. The van der Waals surface area contributed by atoms with Gasteiger partial charge in [0.05, 0.1) is 12.2 Å². The van der Waals surface area contributed by atoms with Crippen LogP contribution in [0.1, 0.15) is 39.0 Å². The van der Waals surface area contributed by atoms with Crippen LogP contribution in [-0.2, 0) is 4.74 Å². The van der Waals surface area contributed by atoms with Gasteiger partial charge in [0.2, 0.25) is 0 Å². The van der Waals surface area contributed by atoms with Crippen LogP contribution in [0.15, 0.2) is 0 Å². The van der Waals surface area contributed by atoms with E-state index in [2.05, 4.69) is 0 Å². The van der Waals surface area contributed by atoms with E-state index in [4.69, 9.17) is 10.5 Å². The van der Waals surface area contributed by atoms with Crippen LogP contribution in [0, 0.1) is 11.3 Å². The Balaban J connectivity index is 2.03. The van der Waals surface area contributed by atoms with Crippen LogP contribution in [0.3, 0.4) is 0 Å². The Bertz CT molecular complexity index is 218. The first kappa shape index (κ1) is 11.4. The largest absolute Gasteiger partial charge is 0.389 e. The molecule has 1 aliphatic carbocycles. The summed E-state index contributed by atoms with van der Waals surface area (Å²) < 4.78 is 5.43. The van der Waals surface area contributed by atoms with Gasteiger partial charge in [0.25, 0.3) is 0 Å². The van der Waals surface area contributed by atoms with Crippen molar-refractivity contribution in [2.24, 2.45) is 17.1 Å². The summed E-state index contributed by atoms with van der Waals surface area (Å²) in [5.74, 6) is 0.712. The van der Waals surface area contributed by atoms with Crippen LogP contribution in [-0.4, -0.2) is 30.5 Å². The van der Waals surface area contributed by atoms with Crippen LogP contribution in [0.5, 0.6) is 0 Å². The molecule has 2 atom stereocenters. The SMILES string of the molecule is CC(O)(CC1CCC1)C1(CN)CCOC1. The van der Waals surface area contributed by atoms with Crippen LogP contribution in [0.4, 0.5) is 0 Å². The van der Waals surface area contributed by atoms with Crippen LogP contribution >= 0.6 is 0 Å². The van der Waals surface area contributed by atoms with Crippen LogP contribution < -0.4 is 5.73 Å². The van der Waals surface area contributed by atoms with E-state index in [1.165, 1.54) is 19.3 Å². The third kappa shape index (κ3) is 1.93. The minimum Gasteiger partial charge on any atom is -0.389 e. The van der Waals surface area contributed by atoms with Gasteiger partial charge in [0.15, 0.2) is 0 Å². The predicted octanol–water partition coefficient (Wildman–Crippen LogP) is 1.29. The van der Waals surface area contributed by atoms with Gasteiger partial charge in [-0.05, 0) is 25.7 Å². The molecule has 1 aliphatic heterocycles. The Hall–Kier alpha value is -0.120. The highest BCUT2D eigenvalue weighted by Crippen LogP contribution is 2.45. The number of ether oxygens (including phenoxy) is 1. The smallest absolute Gasteiger partial charge is 0.0713 e. The zero-order valence-corrected chi connectivity index (χ0v) is 9.67. The molecule has 1 saturated carbocycles. The molecule has 3 N–H and O–H groups in total. The van der Waals surface area contributed by atoms with E-state index in [0.29, 0.717) is 19.1 Å². The van der Waals surface area contributed by atoms with Gasteiger partial charge in [0.1, 0.15) is 0 Å². The summed E-state index contributed by atoms with van der Waals surface area (Å²) in [7, 11) is 0. The van der Waals surface area contributed by atoms with E-state index in [9.17, 15) is 5.11 Å². The van der Waals surface area contributed by atoms with Crippen molar-refractivity contribution < 1.29 is 9.84 Å². The molecule has 15 heavy (non-hydrogen) atoms. The third-order valence-corrected chi connectivity index (χ3v) is 4.55. The Labute approximate surface area is 92.0 Å². The first-order valence-corrected chi connectivity index (χ1v) is 6.10. The second kappa shape index (κ2) is 4.04. The van der Waals surface area contributed by atoms with Crippen molar-refractivity contribution in [3.63, 3.8) is 0 Å². The van der Waals surface area contributed by atoms with Gasteiger partial charge in [0, 0.05) is 18.6 Å². The van der Waals surface area contributed by atoms with Crippen molar-refractivity contribution in [1.82, 2.24) is 0 Å². The highest BCUT2D eigenvalue weighted by atomic mass is 16.5. The lowest BCUT2D eigenvalue weighted by Crippen LogP contribution is -2.52. The molecule has 2 aliphatic rings. The molecule has 88 valence electrons. The first-order chi connectivity index (χ1) is 7.10. The van der Waals surface area contributed by atoms with Crippen molar-refractivity contribution in [1.29, 1.82) is 0 Å². The normalized spacial score (nSPS) is 36.2. The molecular weight excluding hydrogens is 190 g/mol. The van der Waals surface area contributed by atoms with Crippen molar-refractivity contribution in [2.45, 2.75) is 44.6 Å². The lowest BCUT2D eigenvalue weighted by atomic mass is 9.65. The molecule has 0 aromatic rings. The van der Waals surface area contributed by atoms with Crippen molar-refractivity contribution >= 4 is 0 Å². The second-order valence-corrected chi connectivity index (χ2v) is 5.56. The van der Waals surface area contributed by atoms with E-state index < -0.39 is 5.60 Å². The lowest BCUT2D eigenvalue weighted by Gasteiger charge is -2.44. The second-order valence-electron chi connectivity index (χ2n) is 5.56. The summed E-state index contributed by atoms with van der Waals surface area (Å²) in [5, 5.41) is 10.6. The fourth-order valence-corrected chi connectivity index (χ4v) is 2.89. The zero-order chi connectivity index (χ0) is 10.9. The highest BCUT2D eigenvalue weighted by molar-refractivity contribution is 5.00. The average Bonchev–Trinajstić information content (AvgIpc) is 2.61. The molecule has 1 saturated heterocycles. The molecule has 2 fully saturated rings. The number of nitrogens with two attached hydrogens (primary N) is 1. The number of hydrogen-bond acceptors (Lipinski definition) is 3. The minimum atomic E-state index is -0.649. The zero-order valence-electron chi connectivity index (χ0n) is 9.67. The van der Waals surface area contributed by atoms with E-state index in [-0.39, 0.29) is 5.41 Å². The summed E-state index contributed by atoms with van der Waals surface area (Å²) in [4.78, 5) is 0. The molecular formula is C12H23NO2. The molecule has 0 amide bonds. The Morgan fingerprint density at radius 1 is 1.53 bits per heavy atom. The summed E-state index contributed by atoms with van der Waals surface area (Å²) >= 11 is 0. The molecule has 0 aromatic heterocycles. The number of hydrogen-bond donors (Lipinski definition) is 2. The van der Waals surface area contributed by atoms with Gasteiger partial charge in [-0.2, -0.15) is 0 Å². The fraction of sp³-hybridized carbons (Fsp3) is 1.00. The first-order valence-electron chi connectivity index (χ1n) is 6.10. The van der Waals surface area contributed by atoms with E-state index in [1.54, 1.807) is 0 Å². The predicted molar refractivity (Wildman–Crippen MR) is 59.5 cm³/mol. The molecule has 2 unspecified atom stereocenters. The van der Waals surface area contributed by atoms with Gasteiger partial charge in [-0.15, -0.1) is 0 Å². The maximum absolute atomic E-state index is 10.6. The van der Waals surface area contributed by atoms with E-state index in [0.717, 1.165) is 19.4 Å². The van der Waals surface area contributed by atoms with Crippen molar-refractivity contribution in [2.75, 3.05) is 19.8 Å². The fourth-order valence-electron chi connectivity index (χ4n) is 2.89. The molecule has 1 heterocycles. The Morgan fingerprint density at radius 2 is 2.27 bits per heavy atom. The van der Waals surface area contributed by atoms with Gasteiger partial charge < -0.3 is 15.6 Å². The van der Waals surface area contributed by atoms with Crippen molar-refractivity contribution in [3.05, 3.63) is 0 Å². The van der Waals surface area contributed by atoms with Gasteiger partial charge >= 0.3 is 0 Å².